The lowest BCUT2D eigenvalue weighted by Crippen LogP contribution is -2.05. The summed E-state index contributed by atoms with van der Waals surface area (Å²) in [7, 11) is 1.86. The minimum atomic E-state index is 0.835. The molecule has 0 saturated carbocycles. The zero-order chi connectivity index (χ0) is 11.7. The zero-order valence-corrected chi connectivity index (χ0v) is 9.61. The molecule has 0 N–H and O–H groups in total. The van der Waals surface area contributed by atoms with Crippen LogP contribution in [0.1, 0.15) is 5.82 Å². The summed E-state index contributed by atoms with van der Waals surface area (Å²) in [6.07, 6.45) is 2.94. The molecule has 0 amide bonds. The molecule has 2 heterocycles. The molecule has 1 aromatic carbocycles. The second-order valence-electron chi connectivity index (χ2n) is 4.04. The third-order valence-corrected chi connectivity index (χ3v) is 2.96. The lowest BCUT2D eigenvalue weighted by Gasteiger charge is -2.04. The molecule has 86 valence electrons. The molecule has 2 aromatic heterocycles. The van der Waals surface area contributed by atoms with Crippen LogP contribution in [-0.4, -0.2) is 24.8 Å². The van der Waals surface area contributed by atoms with E-state index in [1.54, 1.807) is 4.68 Å². The molecule has 5 heteroatoms. The molecule has 0 fully saturated rings. The molecule has 0 spiro atoms. The van der Waals surface area contributed by atoms with Gasteiger partial charge in [-0.3, -0.25) is 0 Å². The van der Waals surface area contributed by atoms with Gasteiger partial charge in [0.1, 0.15) is 0 Å². The van der Waals surface area contributed by atoms with Crippen molar-refractivity contribution < 1.29 is 0 Å². The average Bonchev–Trinajstić information content (AvgIpc) is 2.93. The maximum absolute atomic E-state index is 3.98. The van der Waals surface area contributed by atoms with Crippen LogP contribution in [0.3, 0.4) is 0 Å². The smallest absolute Gasteiger partial charge is 0.152 e. The van der Waals surface area contributed by atoms with Gasteiger partial charge in [-0.25, -0.2) is 4.68 Å². The number of hydrogen-bond donors (Lipinski definition) is 0. The van der Waals surface area contributed by atoms with Crippen LogP contribution in [0.25, 0.3) is 10.9 Å². The zero-order valence-electron chi connectivity index (χ0n) is 9.61. The molecular formula is C12H13N5. The number of aromatic nitrogens is 5. The third-order valence-electron chi connectivity index (χ3n) is 2.96. The van der Waals surface area contributed by atoms with Gasteiger partial charge < -0.3 is 4.57 Å². The van der Waals surface area contributed by atoms with Gasteiger partial charge in [0, 0.05) is 31.7 Å². The monoisotopic (exact) mass is 227 g/mol. The number of tetrazole rings is 1. The second-order valence-corrected chi connectivity index (χ2v) is 4.04. The van der Waals surface area contributed by atoms with Crippen molar-refractivity contribution >= 4 is 10.9 Å². The lowest BCUT2D eigenvalue weighted by atomic mass is 10.2. The van der Waals surface area contributed by atoms with Crippen LogP contribution in [0.2, 0.25) is 0 Å². The normalized spacial score (nSPS) is 11.1. The standard InChI is InChI=1S/C12H13N5/c1-16-12(13-14-15-16)7-9-17-8-6-10-4-2-3-5-11(10)17/h2-6,8H,7,9H2,1H3. The largest absolute Gasteiger partial charge is 0.347 e. The highest BCUT2D eigenvalue weighted by atomic mass is 15.5. The Morgan fingerprint density at radius 1 is 1.18 bits per heavy atom. The van der Waals surface area contributed by atoms with Crippen LogP contribution in [0.5, 0.6) is 0 Å². The molecule has 0 aliphatic carbocycles. The van der Waals surface area contributed by atoms with Gasteiger partial charge in [0.2, 0.25) is 0 Å². The summed E-state index contributed by atoms with van der Waals surface area (Å²) in [5, 5.41) is 12.7. The Bertz CT molecular complexity index is 637. The molecule has 3 aromatic rings. The molecule has 5 nitrogen and oxygen atoms in total. The van der Waals surface area contributed by atoms with Gasteiger partial charge >= 0.3 is 0 Å². The maximum atomic E-state index is 3.98. The third kappa shape index (κ3) is 1.80. The van der Waals surface area contributed by atoms with E-state index in [0.29, 0.717) is 0 Å². The quantitative estimate of drug-likeness (QED) is 0.679. The molecule has 0 saturated heterocycles. The highest BCUT2D eigenvalue weighted by Gasteiger charge is 2.04. The Kier molecular flexibility index (Phi) is 2.36. The van der Waals surface area contributed by atoms with Crippen LogP contribution in [0, 0.1) is 0 Å². The number of para-hydroxylation sites is 1. The topological polar surface area (TPSA) is 48.5 Å². The number of nitrogens with zero attached hydrogens (tertiary/aromatic N) is 5. The minimum absolute atomic E-state index is 0.835. The molecule has 0 atom stereocenters. The second kappa shape index (κ2) is 4.01. The van der Waals surface area contributed by atoms with Crippen molar-refractivity contribution in [1.82, 2.24) is 24.8 Å². The number of aryl methyl sites for hydroxylation is 3. The predicted molar refractivity (Wildman–Crippen MR) is 64.4 cm³/mol. The first-order valence-electron chi connectivity index (χ1n) is 5.60. The van der Waals surface area contributed by atoms with Crippen LogP contribution in [0.4, 0.5) is 0 Å². The van der Waals surface area contributed by atoms with E-state index in [4.69, 9.17) is 0 Å². The van der Waals surface area contributed by atoms with Gasteiger partial charge in [-0.2, -0.15) is 0 Å². The first kappa shape index (κ1) is 10.0. The Morgan fingerprint density at radius 2 is 2.06 bits per heavy atom. The Labute approximate surface area is 98.7 Å². The molecule has 0 unspecified atom stereocenters. The van der Waals surface area contributed by atoms with E-state index in [0.717, 1.165) is 18.8 Å². The van der Waals surface area contributed by atoms with Crippen LogP contribution < -0.4 is 0 Å². The summed E-state index contributed by atoms with van der Waals surface area (Å²) in [5.41, 5.74) is 1.25. The summed E-state index contributed by atoms with van der Waals surface area (Å²) < 4.78 is 3.94. The van der Waals surface area contributed by atoms with Crippen molar-refractivity contribution in [3.63, 3.8) is 0 Å². The van der Waals surface area contributed by atoms with Gasteiger partial charge in [-0.05, 0) is 27.9 Å². The van der Waals surface area contributed by atoms with Crippen molar-refractivity contribution in [2.75, 3.05) is 0 Å². The summed E-state index contributed by atoms with van der Waals surface area (Å²) in [5.74, 6) is 0.905. The Hall–Kier alpha value is -2.17. The van der Waals surface area contributed by atoms with E-state index in [1.807, 2.05) is 7.05 Å². The highest BCUT2D eigenvalue weighted by molar-refractivity contribution is 5.79. The van der Waals surface area contributed by atoms with Crippen molar-refractivity contribution in [1.29, 1.82) is 0 Å². The molecule has 3 rings (SSSR count). The van der Waals surface area contributed by atoms with Crippen LogP contribution in [0.15, 0.2) is 36.5 Å². The summed E-state index contributed by atoms with van der Waals surface area (Å²) in [6, 6.07) is 10.5. The molecule has 0 bridgehead atoms. The van der Waals surface area contributed by atoms with Gasteiger partial charge in [-0.15, -0.1) is 5.10 Å². The summed E-state index contributed by atoms with van der Waals surface area (Å²) in [6.45, 7) is 0.891. The van der Waals surface area contributed by atoms with Crippen molar-refractivity contribution in [2.45, 2.75) is 13.0 Å². The molecule has 17 heavy (non-hydrogen) atoms. The molecular weight excluding hydrogens is 214 g/mol. The number of fused-ring (bicyclic) bond motifs is 1. The Morgan fingerprint density at radius 3 is 2.88 bits per heavy atom. The minimum Gasteiger partial charge on any atom is -0.347 e. The van der Waals surface area contributed by atoms with Crippen molar-refractivity contribution in [2.24, 2.45) is 7.05 Å². The van der Waals surface area contributed by atoms with Crippen LogP contribution in [-0.2, 0) is 20.0 Å². The number of rotatable bonds is 3. The lowest BCUT2D eigenvalue weighted by molar-refractivity contribution is 0.632. The fraction of sp³-hybridized carbons (Fsp3) is 0.250. The molecule has 0 aliphatic heterocycles. The van der Waals surface area contributed by atoms with Crippen LogP contribution >= 0.6 is 0 Å². The van der Waals surface area contributed by atoms with Gasteiger partial charge in [0.25, 0.3) is 0 Å². The van der Waals surface area contributed by atoms with Gasteiger partial charge in [0.15, 0.2) is 5.82 Å². The Balaban J connectivity index is 1.84. The predicted octanol–water partition coefficient (Wildman–Crippen LogP) is 1.41. The van der Waals surface area contributed by atoms with Crippen molar-refractivity contribution in [3.05, 3.63) is 42.4 Å². The first-order chi connectivity index (χ1) is 8.34. The van der Waals surface area contributed by atoms with E-state index < -0.39 is 0 Å². The molecule has 0 aliphatic rings. The van der Waals surface area contributed by atoms with Gasteiger partial charge in [0.05, 0.1) is 0 Å². The van der Waals surface area contributed by atoms with E-state index in [2.05, 4.69) is 56.6 Å². The SMILES string of the molecule is Cn1nnnc1CCn1ccc2ccccc21. The maximum Gasteiger partial charge on any atom is 0.152 e. The highest BCUT2D eigenvalue weighted by Crippen LogP contribution is 2.15. The first-order valence-corrected chi connectivity index (χ1v) is 5.60. The summed E-state index contributed by atoms with van der Waals surface area (Å²) >= 11 is 0. The van der Waals surface area contributed by atoms with E-state index in [1.165, 1.54) is 10.9 Å². The van der Waals surface area contributed by atoms with E-state index in [-0.39, 0.29) is 0 Å². The van der Waals surface area contributed by atoms with E-state index >= 15 is 0 Å². The fourth-order valence-electron chi connectivity index (χ4n) is 2.02. The van der Waals surface area contributed by atoms with E-state index in [9.17, 15) is 0 Å². The van der Waals surface area contributed by atoms with Gasteiger partial charge in [-0.1, -0.05) is 18.2 Å². The summed E-state index contributed by atoms with van der Waals surface area (Å²) in [4.78, 5) is 0. The fourth-order valence-corrected chi connectivity index (χ4v) is 2.02. The average molecular weight is 227 g/mol. The van der Waals surface area contributed by atoms with Crippen molar-refractivity contribution in [3.8, 4) is 0 Å². The number of benzene rings is 1. The number of hydrogen-bond acceptors (Lipinski definition) is 3. The molecule has 0 radical (unpaired) electrons.